The number of aliphatic hydroxyl groups is 1. The minimum Gasteiger partial charge on any atom is -0.507 e. The number of benzene rings is 2. The lowest BCUT2D eigenvalue weighted by molar-refractivity contribution is -0.132. The number of aromatic amines is 1. The number of nitrogens with one attached hydrogen (secondary N) is 1. The van der Waals surface area contributed by atoms with Crippen LogP contribution in [0.1, 0.15) is 43.6 Å². The Hall–Kier alpha value is -4.33. The van der Waals surface area contributed by atoms with Crippen LogP contribution in [-0.4, -0.2) is 33.4 Å². The molecule has 8 heteroatoms. The van der Waals surface area contributed by atoms with E-state index in [4.69, 9.17) is 9.15 Å². The second kappa shape index (κ2) is 9.50. The van der Waals surface area contributed by atoms with Gasteiger partial charge in [0, 0.05) is 5.56 Å². The third-order valence-corrected chi connectivity index (χ3v) is 6.01. The van der Waals surface area contributed by atoms with Crippen LogP contribution < -0.4 is 9.64 Å². The summed E-state index contributed by atoms with van der Waals surface area (Å²) in [6.45, 7) is 2.74. The zero-order chi connectivity index (χ0) is 24.4. The topological polar surface area (TPSA) is 109 Å². The van der Waals surface area contributed by atoms with Gasteiger partial charge in [-0.05, 0) is 55.0 Å². The van der Waals surface area contributed by atoms with E-state index in [1.807, 2.05) is 18.2 Å². The third kappa shape index (κ3) is 4.19. The molecule has 0 aliphatic carbocycles. The van der Waals surface area contributed by atoms with Crippen LogP contribution in [0.4, 0.5) is 5.95 Å². The number of aliphatic hydroxyl groups excluding tert-OH is 1. The number of Topliss-reactive ketones (excluding diaryl/α,β-unsaturated/α-hetero) is 1. The Balaban J connectivity index is 1.53. The average Bonchev–Trinajstić information content (AvgIpc) is 3.60. The number of aromatic nitrogens is 2. The molecule has 178 valence electrons. The molecule has 35 heavy (non-hydrogen) atoms. The smallest absolute Gasteiger partial charge is 0.302 e. The van der Waals surface area contributed by atoms with Crippen LogP contribution in [-0.2, 0) is 9.59 Å². The highest BCUT2D eigenvalue weighted by Gasteiger charge is 2.49. The number of amides is 1. The number of carbonyl (C=O) groups excluding carboxylic acids is 2. The zero-order valence-electron chi connectivity index (χ0n) is 19.2. The molecule has 4 aromatic rings. The Kier molecular flexibility index (Phi) is 6.10. The standard InChI is InChI=1S/C27H25N3O5/c1-2-3-6-15-34-18-13-11-17(12-14-18)24(31)22-23(21-10-7-16-35-21)30(26(33)25(22)32)27-28-19-8-4-5-9-20(19)29-27/h4-5,7-14,16,23,31H,2-3,6,15H2,1H3,(H,28,29)/b24-22+. The number of fused-ring (bicyclic) bond motifs is 1. The fourth-order valence-corrected chi connectivity index (χ4v) is 4.23. The first kappa shape index (κ1) is 22.5. The average molecular weight is 472 g/mol. The van der Waals surface area contributed by atoms with Crippen LogP contribution in [0.5, 0.6) is 5.75 Å². The van der Waals surface area contributed by atoms with Gasteiger partial charge in [0.15, 0.2) is 0 Å². The molecule has 1 amide bonds. The van der Waals surface area contributed by atoms with Crippen molar-refractivity contribution in [2.75, 3.05) is 11.5 Å². The Morgan fingerprint density at radius 1 is 1.09 bits per heavy atom. The largest absolute Gasteiger partial charge is 0.507 e. The van der Waals surface area contributed by atoms with Crippen molar-refractivity contribution in [3.63, 3.8) is 0 Å². The molecule has 8 nitrogen and oxygen atoms in total. The number of furan rings is 1. The van der Waals surface area contributed by atoms with Crippen molar-refractivity contribution in [3.05, 3.63) is 83.8 Å². The van der Waals surface area contributed by atoms with Gasteiger partial charge in [-0.3, -0.25) is 14.5 Å². The number of carbonyl (C=O) groups is 2. The van der Waals surface area contributed by atoms with Crippen molar-refractivity contribution in [3.8, 4) is 5.75 Å². The Bertz CT molecular complexity index is 1350. The summed E-state index contributed by atoms with van der Waals surface area (Å²) in [4.78, 5) is 35.2. The van der Waals surface area contributed by atoms with E-state index >= 15 is 0 Å². The van der Waals surface area contributed by atoms with Crippen molar-refractivity contribution in [2.24, 2.45) is 0 Å². The molecule has 0 spiro atoms. The molecule has 2 aromatic carbocycles. The van der Waals surface area contributed by atoms with Crippen LogP contribution >= 0.6 is 0 Å². The van der Waals surface area contributed by atoms with Gasteiger partial charge >= 0.3 is 5.91 Å². The van der Waals surface area contributed by atoms with Crippen LogP contribution in [0.3, 0.4) is 0 Å². The van der Waals surface area contributed by atoms with Gasteiger partial charge in [0.2, 0.25) is 5.95 Å². The monoisotopic (exact) mass is 471 g/mol. The number of hydrogen-bond donors (Lipinski definition) is 2. The van der Waals surface area contributed by atoms with Gasteiger partial charge in [0.05, 0.1) is 29.5 Å². The lowest BCUT2D eigenvalue weighted by atomic mass is 9.99. The summed E-state index contributed by atoms with van der Waals surface area (Å²) in [5.41, 5.74) is 1.70. The highest BCUT2D eigenvalue weighted by Crippen LogP contribution is 2.41. The maximum Gasteiger partial charge on any atom is 0.302 e. The molecule has 2 aromatic heterocycles. The fourth-order valence-electron chi connectivity index (χ4n) is 4.23. The molecule has 2 N–H and O–H groups in total. The van der Waals surface area contributed by atoms with Crippen molar-refractivity contribution in [1.82, 2.24) is 9.97 Å². The SMILES string of the molecule is CCCCCOc1ccc(/C(O)=C2\C(=O)C(=O)N(c3nc4ccccc4[nH]3)C2c2ccco2)cc1. The number of para-hydroxylation sites is 2. The van der Waals surface area contributed by atoms with E-state index in [1.165, 1.54) is 11.2 Å². The summed E-state index contributed by atoms with van der Waals surface area (Å²) in [6, 6.07) is 16.5. The minimum absolute atomic E-state index is 0.0676. The molecule has 0 radical (unpaired) electrons. The number of rotatable bonds is 8. The van der Waals surface area contributed by atoms with Gasteiger partial charge in [0.1, 0.15) is 23.3 Å². The summed E-state index contributed by atoms with van der Waals surface area (Å²) >= 11 is 0. The van der Waals surface area contributed by atoms with Gasteiger partial charge in [-0.1, -0.05) is 31.9 Å². The van der Waals surface area contributed by atoms with Crippen molar-refractivity contribution >= 4 is 34.4 Å². The van der Waals surface area contributed by atoms with Crippen LogP contribution in [0, 0.1) is 0 Å². The van der Waals surface area contributed by atoms with E-state index < -0.39 is 17.7 Å². The minimum atomic E-state index is -0.976. The lowest BCUT2D eigenvalue weighted by Crippen LogP contribution is -2.30. The van der Waals surface area contributed by atoms with E-state index in [0.717, 1.165) is 24.8 Å². The summed E-state index contributed by atoms with van der Waals surface area (Å²) in [7, 11) is 0. The van der Waals surface area contributed by atoms with E-state index in [1.54, 1.807) is 42.5 Å². The first-order chi connectivity index (χ1) is 17.1. The number of hydrogen-bond acceptors (Lipinski definition) is 6. The van der Waals surface area contributed by atoms with E-state index in [2.05, 4.69) is 16.9 Å². The predicted molar refractivity (Wildman–Crippen MR) is 131 cm³/mol. The molecule has 1 aliphatic rings. The molecular weight excluding hydrogens is 446 g/mol. The Morgan fingerprint density at radius 3 is 2.60 bits per heavy atom. The van der Waals surface area contributed by atoms with Crippen LogP contribution in [0.25, 0.3) is 16.8 Å². The quantitative estimate of drug-likeness (QED) is 0.155. The molecule has 1 aliphatic heterocycles. The number of ketones is 1. The molecule has 1 fully saturated rings. The third-order valence-electron chi connectivity index (χ3n) is 6.01. The van der Waals surface area contributed by atoms with E-state index in [9.17, 15) is 14.7 Å². The second-order valence-corrected chi connectivity index (χ2v) is 8.34. The van der Waals surface area contributed by atoms with Crippen molar-refractivity contribution < 1.29 is 23.8 Å². The lowest BCUT2D eigenvalue weighted by Gasteiger charge is -2.20. The predicted octanol–water partition coefficient (Wildman–Crippen LogP) is 5.35. The van der Waals surface area contributed by atoms with E-state index in [0.29, 0.717) is 29.2 Å². The Morgan fingerprint density at radius 2 is 1.89 bits per heavy atom. The first-order valence-electron chi connectivity index (χ1n) is 11.6. The molecule has 1 atom stereocenters. The van der Waals surface area contributed by atoms with Gasteiger partial charge in [-0.2, -0.15) is 0 Å². The summed E-state index contributed by atoms with van der Waals surface area (Å²) in [5.74, 6) is -0.706. The van der Waals surface area contributed by atoms with Gasteiger partial charge in [0.25, 0.3) is 5.78 Å². The molecule has 3 heterocycles. The summed E-state index contributed by atoms with van der Waals surface area (Å²) in [5, 5.41) is 11.2. The molecular formula is C27H25N3O5. The molecule has 1 saturated heterocycles. The highest BCUT2D eigenvalue weighted by atomic mass is 16.5. The fraction of sp³-hybridized carbons (Fsp3) is 0.222. The number of H-pyrrole nitrogens is 1. The van der Waals surface area contributed by atoms with Gasteiger partial charge < -0.3 is 19.2 Å². The summed E-state index contributed by atoms with van der Waals surface area (Å²) < 4.78 is 11.3. The van der Waals surface area contributed by atoms with Crippen molar-refractivity contribution in [2.45, 2.75) is 32.2 Å². The zero-order valence-corrected chi connectivity index (χ0v) is 19.2. The number of ether oxygens (including phenoxy) is 1. The van der Waals surface area contributed by atoms with Crippen LogP contribution in [0.15, 0.2) is 76.9 Å². The molecule has 0 bridgehead atoms. The van der Waals surface area contributed by atoms with E-state index in [-0.39, 0.29) is 17.3 Å². The number of nitrogens with zero attached hydrogens (tertiary/aromatic N) is 2. The molecule has 5 rings (SSSR count). The highest BCUT2D eigenvalue weighted by molar-refractivity contribution is 6.51. The maximum atomic E-state index is 13.2. The first-order valence-corrected chi connectivity index (χ1v) is 11.6. The van der Waals surface area contributed by atoms with Gasteiger partial charge in [-0.25, -0.2) is 4.98 Å². The maximum absolute atomic E-state index is 13.2. The molecule has 1 unspecified atom stereocenters. The number of anilines is 1. The van der Waals surface area contributed by atoms with Crippen molar-refractivity contribution in [1.29, 1.82) is 0 Å². The Labute approximate surface area is 201 Å². The van der Waals surface area contributed by atoms with Gasteiger partial charge in [-0.15, -0.1) is 0 Å². The second-order valence-electron chi connectivity index (χ2n) is 8.34. The normalized spacial score (nSPS) is 17.4. The number of unbranched alkanes of at least 4 members (excludes halogenated alkanes) is 2. The molecule has 0 saturated carbocycles. The number of imidazole rings is 1. The summed E-state index contributed by atoms with van der Waals surface area (Å²) in [6.07, 6.45) is 4.63. The van der Waals surface area contributed by atoms with Crippen LogP contribution in [0.2, 0.25) is 0 Å².